The molecule has 176 valence electrons. The number of aliphatic imine (C=N–C) groups is 1. The molecule has 33 heavy (non-hydrogen) atoms. The summed E-state index contributed by atoms with van der Waals surface area (Å²) in [6.45, 7) is 9.88. The first-order valence-electron chi connectivity index (χ1n) is 10.8. The highest BCUT2D eigenvalue weighted by Gasteiger charge is 2.08. The minimum absolute atomic E-state index is 0.0426. The van der Waals surface area contributed by atoms with Crippen LogP contribution in [0.4, 0.5) is 5.69 Å². The number of nitrogens with one attached hydrogen (secondary N) is 1. The van der Waals surface area contributed by atoms with E-state index in [0.717, 1.165) is 43.0 Å². The number of hydrogen-bond acceptors (Lipinski definition) is 7. The lowest BCUT2D eigenvalue weighted by molar-refractivity contribution is 0.0503. The number of carbonyl (C=O) groups excluding carboxylic acids is 2. The summed E-state index contributed by atoms with van der Waals surface area (Å²) in [4.78, 5) is 32.9. The smallest absolute Gasteiger partial charge is 0.259 e. The molecule has 1 aromatic carbocycles. The molecule has 3 aromatic rings. The largest absolute Gasteiger partial charge is 0.461 e. The Labute approximate surface area is 193 Å². The molecule has 9 heteroatoms. The van der Waals surface area contributed by atoms with Crippen LogP contribution in [0, 0.1) is 6.92 Å². The van der Waals surface area contributed by atoms with E-state index in [2.05, 4.69) is 27.2 Å². The summed E-state index contributed by atoms with van der Waals surface area (Å²) in [5.74, 6) is 0.305. The topological polar surface area (TPSA) is 123 Å². The molecule has 0 bridgehead atoms. The van der Waals surface area contributed by atoms with E-state index in [1.165, 1.54) is 18.3 Å². The molecular formula is C24H31N5O4. The highest BCUT2D eigenvalue weighted by Crippen LogP contribution is 2.24. The second-order valence-electron chi connectivity index (χ2n) is 7.04. The van der Waals surface area contributed by atoms with Gasteiger partial charge >= 0.3 is 0 Å². The number of benzene rings is 1. The number of aryl methyl sites for hydroxylation is 1. The van der Waals surface area contributed by atoms with Crippen LogP contribution in [-0.4, -0.2) is 61.4 Å². The first-order valence-corrected chi connectivity index (χ1v) is 10.8. The van der Waals surface area contributed by atoms with Crippen molar-refractivity contribution in [3.63, 3.8) is 0 Å². The van der Waals surface area contributed by atoms with Gasteiger partial charge in [0, 0.05) is 24.7 Å². The van der Waals surface area contributed by atoms with Gasteiger partial charge in [-0.25, -0.2) is 4.99 Å². The van der Waals surface area contributed by atoms with Crippen molar-refractivity contribution in [2.45, 2.75) is 20.8 Å². The Bertz CT molecular complexity index is 1070. The molecule has 0 aliphatic carbocycles. The Balaban J connectivity index is 0.000000362. The molecular weight excluding hydrogens is 422 g/mol. The van der Waals surface area contributed by atoms with Gasteiger partial charge in [0.15, 0.2) is 6.29 Å². The molecule has 2 aromatic heterocycles. The van der Waals surface area contributed by atoms with Gasteiger partial charge in [0.05, 0.1) is 24.5 Å². The summed E-state index contributed by atoms with van der Waals surface area (Å²) in [6.07, 6.45) is 1.90. The predicted molar refractivity (Wildman–Crippen MR) is 129 cm³/mol. The molecule has 0 atom stereocenters. The van der Waals surface area contributed by atoms with E-state index in [1.807, 2.05) is 32.9 Å². The lowest BCUT2D eigenvalue weighted by Gasteiger charge is -2.21. The molecule has 0 unspecified atom stereocenters. The zero-order chi connectivity index (χ0) is 24.2. The maximum absolute atomic E-state index is 12.0. The Morgan fingerprint density at radius 2 is 1.91 bits per heavy atom. The Hall–Kier alpha value is -3.56. The third kappa shape index (κ3) is 8.13. The summed E-state index contributed by atoms with van der Waals surface area (Å²) in [5, 5.41) is 3.38. The fourth-order valence-electron chi connectivity index (χ4n) is 2.85. The molecule has 0 saturated carbocycles. The van der Waals surface area contributed by atoms with E-state index < -0.39 is 5.91 Å². The number of nitrogens with zero attached hydrogens (tertiary/aromatic N) is 3. The number of aldehydes is 1. The maximum atomic E-state index is 12.0. The van der Waals surface area contributed by atoms with Crippen LogP contribution in [0.5, 0.6) is 0 Å². The van der Waals surface area contributed by atoms with Gasteiger partial charge in [0.1, 0.15) is 17.0 Å². The second-order valence-corrected chi connectivity index (χ2v) is 7.04. The molecule has 9 nitrogen and oxygen atoms in total. The number of pyridine rings is 1. The fraction of sp³-hybridized carbons (Fsp3) is 0.333. The van der Waals surface area contributed by atoms with Crippen LogP contribution < -0.4 is 11.1 Å². The highest BCUT2D eigenvalue weighted by molar-refractivity contribution is 6.05. The summed E-state index contributed by atoms with van der Waals surface area (Å²) < 4.78 is 10.6. The minimum Gasteiger partial charge on any atom is -0.461 e. The van der Waals surface area contributed by atoms with E-state index in [9.17, 15) is 9.59 Å². The zero-order valence-electron chi connectivity index (χ0n) is 19.5. The summed E-state index contributed by atoms with van der Waals surface area (Å²) in [5.41, 5.74) is 7.64. The molecule has 4 rings (SSSR count). The van der Waals surface area contributed by atoms with Crippen molar-refractivity contribution in [1.29, 1.82) is 0 Å². The summed E-state index contributed by atoms with van der Waals surface area (Å²) in [6, 6.07) is 10.2. The van der Waals surface area contributed by atoms with Crippen molar-refractivity contribution >= 4 is 34.8 Å². The molecule has 3 heterocycles. The minimum atomic E-state index is -0.457. The number of ether oxygens (including phenoxy) is 1. The zero-order valence-corrected chi connectivity index (χ0v) is 19.5. The van der Waals surface area contributed by atoms with Crippen LogP contribution >= 0.6 is 0 Å². The standard InChI is InChI=1S/C17H14N4O3.C5H11NO.C2H6/c1-10-6-12-7-13(4-5-15(12)24-10)20-17(18)21-16(23)11-2-3-14(9-22)19-8-11;1-6-2-4-7-5-3-6;1-2/h2-9H,1H3,(H3,18,20,21,23);2-5H2,1H3;1-2H3. The number of likely N-dealkylation sites (N-methyl/N-ethyl adjacent to an activating group) is 1. The maximum Gasteiger partial charge on any atom is 0.259 e. The number of carbonyl (C=O) groups is 2. The first-order chi connectivity index (χ1) is 15.9. The van der Waals surface area contributed by atoms with Crippen molar-refractivity contribution in [2.75, 3.05) is 33.4 Å². The van der Waals surface area contributed by atoms with Crippen LogP contribution in [0.2, 0.25) is 0 Å². The molecule has 1 aliphatic rings. The predicted octanol–water partition coefficient (Wildman–Crippen LogP) is 3.30. The lowest BCUT2D eigenvalue weighted by Crippen LogP contribution is -2.36. The SMILES string of the molecule is CC.CN1CCOCC1.Cc1cc2cc(N=C(N)NC(=O)c3ccc(C=O)nc3)ccc2o1. The van der Waals surface area contributed by atoms with Crippen molar-refractivity contribution in [3.05, 3.63) is 59.6 Å². The highest BCUT2D eigenvalue weighted by atomic mass is 16.5. The van der Waals surface area contributed by atoms with Gasteiger partial charge in [0.25, 0.3) is 5.91 Å². The van der Waals surface area contributed by atoms with Gasteiger partial charge < -0.3 is 19.8 Å². The average Bonchev–Trinajstić information content (AvgIpc) is 3.20. The van der Waals surface area contributed by atoms with E-state index in [0.29, 0.717) is 12.0 Å². The Morgan fingerprint density at radius 1 is 1.18 bits per heavy atom. The average molecular weight is 454 g/mol. The molecule has 1 fully saturated rings. The first kappa shape index (κ1) is 25.7. The number of rotatable bonds is 3. The number of fused-ring (bicyclic) bond motifs is 1. The summed E-state index contributed by atoms with van der Waals surface area (Å²) >= 11 is 0. The van der Waals surface area contributed by atoms with Gasteiger partial charge in [0.2, 0.25) is 5.96 Å². The quantitative estimate of drug-likeness (QED) is 0.354. The van der Waals surface area contributed by atoms with Gasteiger partial charge in [-0.05, 0) is 50.4 Å². The van der Waals surface area contributed by atoms with Crippen LogP contribution in [0.1, 0.15) is 40.5 Å². The number of morpholine rings is 1. The van der Waals surface area contributed by atoms with E-state index in [-0.39, 0.29) is 17.2 Å². The number of amides is 1. The van der Waals surface area contributed by atoms with Gasteiger partial charge in [-0.3, -0.25) is 19.9 Å². The van der Waals surface area contributed by atoms with Crippen molar-refractivity contribution in [2.24, 2.45) is 10.7 Å². The third-order valence-electron chi connectivity index (χ3n) is 4.52. The number of nitrogens with two attached hydrogens (primary N) is 1. The van der Waals surface area contributed by atoms with Crippen LogP contribution in [0.25, 0.3) is 11.0 Å². The number of aromatic nitrogens is 1. The van der Waals surface area contributed by atoms with Gasteiger partial charge in [-0.2, -0.15) is 0 Å². The van der Waals surface area contributed by atoms with Crippen LogP contribution in [0.15, 0.2) is 52.0 Å². The number of hydrogen-bond donors (Lipinski definition) is 2. The Kier molecular flexibility index (Phi) is 10.2. The summed E-state index contributed by atoms with van der Waals surface area (Å²) in [7, 11) is 2.11. The van der Waals surface area contributed by atoms with E-state index in [4.69, 9.17) is 14.9 Å². The molecule has 3 N–H and O–H groups in total. The van der Waals surface area contributed by atoms with Gasteiger partial charge in [-0.15, -0.1) is 0 Å². The van der Waals surface area contributed by atoms with Crippen molar-refractivity contribution in [1.82, 2.24) is 15.2 Å². The van der Waals surface area contributed by atoms with Gasteiger partial charge in [-0.1, -0.05) is 13.8 Å². The van der Waals surface area contributed by atoms with Crippen molar-refractivity contribution < 1.29 is 18.7 Å². The third-order valence-corrected chi connectivity index (χ3v) is 4.52. The van der Waals surface area contributed by atoms with E-state index in [1.54, 1.807) is 12.1 Å². The molecule has 0 radical (unpaired) electrons. The molecule has 1 aliphatic heterocycles. The fourth-order valence-corrected chi connectivity index (χ4v) is 2.85. The van der Waals surface area contributed by atoms with Crippen LogP contribution in [-0.2, 0) is 4.74 Å². The Morgan fingerprint density at radius 3 is 2.48 bits per heavy atom. The number of guanidine groups is 1. The van der Waals surface area contributed by atoms with Crippen molar-refractivity contribution in [3.8, 4) is 0 Å². The monoisotopic (exact) mass is 453 g/mol. The number of furan rings is 1. The molecule has 1 amide bonds. The normalized spacial score (nSPS) is 13.9. The second kappa shape index (κ2) is 13.1. The van der Waals surface area contributed by atoms with E-state index >= 15 is 0 Å². The molecule has 1 saturated heterocycles. The van der Waals surface area contributed by atoms with Crippen LogP contribution in [0.3, 0.4) is 0 Å². The lowest BCUT2D eigenvalue weighted by atomic mass is 10.2. The molecule has 0 spiro atoms.